The Balaban J connectivity index is 1.87. The number of ether oxygens (including phenoxy) is 1. The van der Waals surface area contributed by atoms with Crippen molar-refractivity contribution in [2.75, 3.05) is 13.2 Å². The maximum absolute atomic E-state index is 12.3. The van der Waals surface area contributed by atoms with Gasteiger partial charge in [0, 0.05) is 19.2 Å². The van der Waals surface area contributed by atoms with Crippen molar-refractivity contribution in [1.29, 1.82) is 0 Å². The first-order valence-corrected chi connectivity index (χ1v) is 6.68. The van der Waals surface area contributed by atoms with E-state index in [-0.39, 0.29) is 23.5 Å². The normalized spacial score (nSPS) is 41.7. The fourth-order valence-electron chi connectivity index (χ4n) is 3.19. The van der Waals surface area contributed by atoms with E-state index in [0.717, 1.165) is 32.3 Å². The highest BCUT2D eigenvalue weighted by Crippen LogP contribution is 2.44. The van der Waals surface area contributed by atoms with Crippen molar-refractivity contribution in [2.45, 2.75) is 51.7 Å². The van der Waals surface area contributed by atoms with Crippen LogP contribution in [0.25, 0.3) is 0 Å². The molecule has 0 spiro atoms. The minimum absolute atomic E-state index is 0.164. The lowest BCUT2D eigenvalue weighted by Gasteiger charge is -2.45. The van der Waals surface area contributed by atoms with Crippen LogP contribution >= 0.6 is 0 Å². The minimum atomic E-state index is -0.277. The number of nitrogens with one attached hydrogen (secondary N) is 1. The van der Waals surface area contributed by atoms with Crippen LogP contribution in [0.3, 0.4) is 0 Å². The molecule has 1 aliphatic carbocycles. The van der Waals surface area contributed by atoms with E-state index in [9.17, 15) is 4.79 Å². The third-order valence-corrected chi connectivity index (χ3v) is 4.17. The molecule has 0 radical (unpaired) electrons. The maximum Gasteiger partial charge on any atom is 0.227 e. The van der Waals surface area contributed by atoms with Crippen LogP contribution in [0.5, 0.6) is 0 Å². The SMILES string of the molecule is CC1CC(CN)(C(=O)NC2CCOC(C)C2)C1. The molecule has 3 N–H and O–H groups in total. The van der Waals surface area contributed by atoms with Crippen LogP contribution in [0, 0.1) is 11.3 Å². The molecule has 4 nitrogen and oxygen atoms in total. The zero-order chi connectivity index (χ0) is 12.5. The monoisotopic (exact) mass is 240 g/mol. The highest BCUT2D eigenvalue weighted by atomic mass is 16.5. The van der Waals surface area contributed by atoms with Crippen molar-refractivity contribution < 1.29 is 9.53 Å². The second-order valence-electron chi connectivity index (χ2n) is 5.87. The van der Waals surface area contributed by atoms with Gasteiger partial charge in [0.15, 0.2) is 0 Å². The van der Waals surface area contributed by atoms with Gasteiger partial charge in [0.05, 0.1) is 11.5 Å². The van der Waals surface area contributed by atoms with Crippen LogP contribution in [0.15, 0.2) is 0 Å². The second kappa shape index (κ2) is 4.94. The summed E-state index contributed by atoms with van der Waals surface area (Å²) in [4.78, 5) is 12.3. The summed E-state index contributed by atoms with van der Waals surface area (Å²) < 4.78 is 5.48. The van der Waals surface area contributed by atoms with E-state index in [0.29, 0.717) is 12.5 Å². The van der Waals surface area contributed by atoms with Gasteiger partial charge in [-0.15, -0.1) is 0 Å². The highest BCUT2D eigenvalue weighted by Gasteiger charge is 2.47. The minimum Gasteiger partial charge on any atom is -0.378 e. The van der Waals surface area contributed by atoms with Crippen molar-refractivity contribution in [3.05, 3.63) is 0 Å². The Morgan fingerprint density at radius 3 is 2.71 bits per heavy atom. The second-order valence-corrected chi connectivity index (χ2v) is 5.87. The topological polar surface area (TPSA) is 64.4 Å². The zero-order valence-corrected chi connectivity index (χ0v) is 10.9. The first-order valence-electron chi connectivity index (χ1n) is 6.68. The first kappa shape index (κ1) is 12.8. The standard InChI is InChI=1S/C13H24N2O2/c1-9-6-13(7-9,8-14)12(16)15-11-3-4-17-10(2)5-11/h9-11H,3-8,14H2,1-2H3,(H,15,16). The summed E-state index contributed by atoms with van der Waals surface area (Å²) in [5, 5.41) is 3.16. The Morgan fingerprint density at radius 2 is 2.18 bits per heavy atom. The fourth-order valence-corrected chi connectivity index (χ4v) is 3.19. The lowest BCUT2D eigenvalue weighted by molar-refractivity contribution is -0.139. The lowest BCUT2D eigenvalue weighted by Crippen LogP contribution is -2.56. The molecule has 2 aliphatic rings. The van der Waals surface area contributed by atoms with Gasteiger partial charge in [-0.1, -0.05) is 6.92 Å². The molecule has 1 saturated heterocycles. The van der Waals surface area contributed by atoms with Crippen molar-refractivity contribution in [3.8, 4) is 0 Å². The molecular formula is C13H24N2O2. The molecule has 1 heterocycles. The third-order valence-electron chi connectivity index (χ3n) is 4.17. The van der Waals surface area contributed by atoms with E-state index >= 15 is 0 Å². The van der Waals surface area contributed by atoms with Crippen LogP contribution in [-0.4, -0.2) is 31.2 Å². The van der Waals surface area contributed by atoms with E-state index in [2.05, 4.69) is 19.2 Å². The summed E-state index contributed by atoms with van der Waals surface area (Å²) in [6.07, 6.45) is 3.97. The molecule has 2 rings (SSSR count). The summed E-state index contributed by atoms with van der Waals surface area (Å²) >= 11 is 0. The Morgan fingerprint density at radius 1 is 1.47 bits per heavy atom. The number of hydrogen-bond acceptors (Lipinski definition) is 3. The fraction of sp³-hybridized carbons (Fsp3) is 0.923. The molecular weight excluding hydrogens is 216 g/mol. The van der Waals surface area contributed by atoms with Gasteiger partial charge in [-0.2, -0.15) is 0 Å². The number of rotatable bonds is 3. The van der Waals surface area contributed by atoms with Crippen molar-refractivity contribution in [3.63, 3.8) is 0 Å². The maximum atomic E-state index is 12.3. The molecule has 98 valence electrons. The van der Waals surface area contributed by atoms with Gasteiger partial charge in [0.1, 0.15) is 0 Å². The average Bonchev–Trinajstić information content (AvgIpc) is 2.24. The molecule has 2 fully saturated rings. The molecule has 0 bridgehead atoms. The first-order chi connectivity index (χ1) is 8.05. The molecule has 4 heteroatoms. The number of nitrogens with two attached hydrogens (primary N) is 1. The van der Waals surface area contributed by atoms with Gasteiger partial charge in [0.25, 0.3) is 0 Å². The predicted molar refractivity (Wildman–Crippen MR) is 66.5 cm³/mol. The number of amides is 1. The van der Waals surface area contributed by atoms with E-state index in [1.54, 1.807) is 0 Å². The van der Waals surface area contributed by atoms with Crippen molar-refractivity contribution >= 4 is 5.91 Å². The van der Waals surface area contributed by atoms with E-state index < -0.39 is 0 Å². The van der Waals surface area contributed by atoms with E-state index in [1.807, 2.05) is 0 Å². The molecule has 0 aromatic heterocycles. The van der Waals surface area contributed by atoms with Gasteiger partial charge in [-0.25, -0.2) is 0 Å². The van der Waals surface area contributed by atoms with Crippen LogP contribution in [0.1, 0.15) is 39.5 Å². The zero-order valence-electron chi connectivity index (χ0n) is 10.9. The molecule has 1 aliphatic heterocycles. The smallest absolute Gasteiger partial charge is 0.227 e. The summed E-state index contributed by atoms with van der Waals surface area (Å²) in [6, 6.07) is 0.269. The summed E-state index contributed by atoms with van der Waals surface area (Å²) in [6.45, 7) is 5.46. The van der Waals surface area contributed by atoms with Crippen LogP contribution < -0.4 is 11.1 Å². The molecule has 1 saturated carbocycles. The number of hydrogen-bond donors (Lipinski definition) is 2. The predicted octanol–water partition coefficient (Wildman–Crippen LogP) is 1.05. The number of carbonyl (C=O) groups excluding carboxylic acids is 1. The largest absolute Gasteiger partial charge is 0.378 e. The molecule has 0 aromatic carbocycles. The summed E-state index contributed by atoms with van der Waals surface area (Å²) in [5.41, 5.74) is 5.50. The van der Waals surface area contributed by atoms with Crippen LogP contribution in [-0.2, 0) is 9.53 Å². The number of carbonyl (C=O) groups is 1. The molecule has 2 unspecified atom stereocenters. The Labute approximate surface area is 103 Å². The Bertz CT molecular complexity index is 287. The van der Waals surface area contributed by atoms with Crippen LogP contribution in [0.4, 0.5) is 0 Å². The van der Waals surface area contributed by atoms with Crippen molar-refractivity contribution in [2.24, 2.45) is 17.1 Å². The van der Waals surface area contributed by atoms with Gasteiger partial charge in [-0.3, -0.25) is 4.79 Å². The third kappa shape index (κ3) is 2.63. The van der Waals surface area contributed by atoms with Gasteiger partial charge in [-0.05, 0) is 38.5 Å². The molecule has 2 atom stereocenters. The summed E-state index contributed by atoms with van der Waals surface area (Å²) in [5.74, 6) is 0.801. The highest BCUT2D eigenvalue weighted by molar-refractivity contribution is 5.84. The Kier molecular flexibility index (Phi) is 3.73. The van der Waals surface area contributed by atoms with E-state index in [1.165, 1.54) is 0 Å². The van der Waals surface area contributed by atoms with Crippen molar-refractivity contribution in [1.82, 2.24) is 5.32 Å². The molecule has 1 amide bonds. The summed E-state index contributed by atoms with van der Waals surface area (Å²) in [7, 11) is 0. The molecule has 0 aromatic rings. The van der Waals surface area contributed by atoms with Gasteiger partial charge in [0.2, 0.25) is 5.91 Å². The molecule has 17 heavy (non-hydrogen) atoms. The van der Waals surface area contributed by atoms with Gasteiger partial charge >= 0.3 is 0 Å². The average molecular weight is 240 g/mol. The Hall–Kier alpha value is -0.610. The van der Waals surface area contributed by atoms with E-state index in [4.69, 9.17) is 10.5 Å². The lowest BCUT2D eigenvalue weighted by atomic mass is 9.62. The van der Waals surface area contributed by atoms with Crippen LogP contribution in [0.2, 0.25) is 0 Å². The quantitative estimate of drug-likeness (QED) is 0.775. The van der Waals surface area contributed by atoms with Gasteiger partial charge < -0.3 is 15.8 Å².